The molecule has 0 spiro atoms. The van der Waals surface area contributed by atoms with Gasteiger partial charge in [0.1, 0.15) is 0 Å². The Labute approximate surface area is 118 Å². The van der Waals surface area contributed by atoms with Crippen molar-refractivity contribution in [1.29, 1.82) is 0 Å². The number of hydrogen-bond acceptors (Lipinski definition) is 2. The van der Waals surface area contributed by atoms with Crippen LogP contribution < -0.4 is 5.32 Å². The first-order valence-corrected chi connectivity index (χ1v) is 10.2. The standard InChI is InChI=1S/C16H27NOSi/c1-16(2,3)19(4,5)18-12-13-10-14-8-6-7-9-15(14)17-11-13/h6-9,13,17H,10-12H2,1-5H3/t13-/m1/s1. The number of para-hydroxylation sites is 1. The van der Waals surface area contributed by atoms with Gasteiger partial charge in [0.2, 0.25) is 0 Å². The van der Waals surface area contributed by atoms with E-state index in [0.717, 1.165) is 19.6 Å². The van der Waals surface area contributed by atoms with Crippen LogP contribution in [0.2, 0.25) is 18.1 Å². The highest BCUT2D eigenvalue weighted by Crippen LogP contribution is 2.37. The van der Waals surface area contributed by atoms with Crippen molar-refractivity contribution in [2.24, 2.45) is 5.92 Å². The minimum absolute atomic E-state index is 0.299. The van der Waals surface area contributed by atoms with E-state index in [0.29, 0.717) is 11.0 Å². The van der Waals surface area contributed by atoms with Crippen molar-refractivity contribution < 1.29 is 4.43 Å². The summed E-state index contributed by atoms with van der Waals surface area (Å²) in [6.45, 7) is 13.5. The molecule has 1 N–H and O–H groups in total. The molecular weight excluding hydrogens is 250 g/mol. The third-order valence-electron chi connectivity index (χ3n) is 4.59. The molecule has 0 amide bonds. The Morgan fingerprint density at radius 2 is 1.95 bits per heavy atom. The molecule has 0 fully saturated rings. The lowest BCUT2D eigenvalue weighted by Gasteiger charge is -2.38. The summed E-state index contributed by atoms with van der Waals surface area (Å²) >= 11 is 0. The zero-order valence-electron chi connectivity index (χ0n) is 12.9. The quantitative estimate of drug-likeness (QED) is 0.832. The molecule has 19 heavy (non-hydrogen) atoms. The highest BCUT2D eigenvalue weighted by molar-refractivity contribution is 6.74. The van der Waals surface area contributed by atoms with Gasteiger partial charge in [-0.25, -0.2) is 0 Å². The van der Waals surface area contributed by atoms with Crippen LogP contribution in [0.4, 0.5) is 5.69 Å². The molecule has 0 aromatic heterocycles. The Morgan fingerprint density at radius 3 is 2.63 bits per heavy atom. The van der Waals surface area contributed by atoms with Crippen molar-refractivity contribution in [2.75, 3.05) is 18.5 Å². The van der Waals surface area contributed by atoms with Crippen molar-refractivity contribution in [1.82, 2.24) is 0 Å². The fourth-order valence-corrected chi connectivity index (χ4v) is 3.25. The van der Waals surface area contributed by atoms with Crippen LogP contribution in [0.15, 0.2) is 24.3 Å². The number of rotatable bonds is 3. The molecule has 2 nitrogen and oxygen atoms in total. The van der Waals surface area contributed by atoms with Crippen molar-refractivity contribution >= 4 is 14.0 Å². The van der Waals surface area contributed by atoms with E-state index in [1.807, 2.05) is 0 Å². The van der Waals surface area contributed by atoms with Crippen molar-refractivity contribution in [3.05, 3.63) is 29.8 Å². The highest BCUT2D eigenvalue weighted by atomic mass is 28.4. The lowest BCUT2D eigenvalue weighted by molar-refractivity contribution is 0.231. The fraction of sp³-hybridized carbons (Fsp3) is 0.625. The molecule has 0 aliphatic carbocycles. The summed E-state index contributed by atoms with van der Waals surface area (Å²) in [7, 11) is -1.61. The maximum atomic E-state index is 6.35. The second-order valence-corrected chi connectivity index (χ2v) is 12.0. The first-order chi connectivity index (χ1) is 8.79. The molecule has 1 aliphatic rings. The van der Waals surface area contributed by atoms with E-state index in [2.05, 4.69) is 63.4 Å². The van der Waals surface area contributed by atoms with Gasteiger partial charge in [0, 0.05) is 24.8 Å². The zero-order valence-corrected chi connectivity index (χ0v) is 13.9. The summed E-state index contributed by atoms with van der Waals surface area (Å²) in [4.78, 5) is 0. The van der Waals surface area contributed by atoms with Gasteiger partial charge in [-0.15, -0.1) is 0 Å². The molecule has 0 radical (unpaired) electrons. The lowest BCUT2D eigenvalue weighted by atomic mass is 9.95. The van der Waals surface area contributed by atoms with Crippen molar-refractivity contribution in [3.8, 4) is 0 Å². The van der Waals surface area contributed by atoms with Gasteiger partial charge in [0.05, 0.1) is 0 Å². The third kappa shape index (κ3) is 3.40. The van der Waals surface area contributed by atoms with Gasteiger partial charge in [-0.1, -0.05) is 39.0 Å². The monoisotopic (exact) mass is 277 g/mol. The van der Waals surface area contributed by atoms with Gasteiger partial charge in [0.15, 0.2) is 8.32 Å². The van der Waals surface area contributed by atoms with E-state index in [1.165, 1.54) is 11.3 Å². The van der Waals surface area contributed by atoms with Crippen LogP contribution in [0.3, 0.4) is 0 Å². The average molecular weight is 277 g/mol. The zero-order chi connectivity index (χ0) is 14.1. The maximum Gasteiger partial charge on any atom is 0.191 e. The van der Waals surface area contributed by atoms with Crippen LogP contribution in [0.1, 0.15) is 26.3 Å². The van der Waals surface area contributed by atoms with Crippen molar-refractivity contribution in [2.45, 2.75) is 45.3 Å². The molecular formula is C16H27NOSi. The van der Waals surface area contributed by atoms with Gasteiger partial charge in [0.25, 0.3) is 0 Å². The van der Waals surface area contributed by atoms with Crippen molar-refractivity contribution in [3.63, 3.8) is 0 Å². The van der Waals surface area contributed by atoms with E-state index in [1.54, 1.807) is 0 Å². The van der Waals surface area contributed by atoms with E-state index in [4.69, 9.17) is 4.43 Å². The van der Waals surface area contributed by atoms with Gasteiger partial charge >= 0.3 is 0 Å². The number of fused-ring (bicyclic) bond motifs is 1. The summed E-state index contributed by atoms with van der Waals surface area (Å²) in [5.41, 5.74) is 2.73. The normalized spacial score (nSPS) is 19.7. The molecule has 1 aromatic carbocycles. The first-order valence-electron chi connectivity index (χ1n) is 7.25. The minimum Gasteiger partial charge on any atom is -0.416 e. The van der Waals surface area contributed by atoms with Crippen LogP contribution in [0, 0.1) is 5.92 Å². The van der Waals surface area contributed by atoms with Crippen LogP contribution >= 0.6 is 0 Å². The molecule has 1 aromatic rings. The van der Waals surface area contributed by atoms with E-state index >= 15 is 0 Å². The maximum absolute atomic E-state index is 6.35. The largest absolute Gasteiger partial charge is 0.416 e. The van der Waals surface area contributed by atoms with Gasteiger partial charge < -0.3 is 9.74 Å². The van der Waals surface area contributed by atoms with Crippen LogP contribution in [0.5, 0.6) is 0 Å². The molecule has 3 heteroatoms. The molecule has 0 saturated carbocycles. The van der Waals surface area contributed by atoms with E-state index in [-0.39, 0.29) is 0 Å². The predicted molar refractivity (Wildman–Crippen MR) is 85.3 cm³/mol. The van der Waals surface area contributed by atoms with E-state index in [9.17, 15) is 0 Å². The Morgan fingerprint density at radius 1 is 1.26 bits per heavy atom. The van der Waals surface area contributed by atoms with Crippen LogP contribution in [-0.4, -0.2) is 21.5 Å². The molecule has 0 unspecified atom stereocenters. The minimum atomic E-state index is -1.61. The molecule has 1 aliphatic heterocycles. The molecule has 0 saturated heterocycles. The average Bonchev–Trinajstić information content (AvgIpc) is 2.35. The number of benzene rings is 1. The van der Waals surface area contributed by atoms with Crippen LogP contribution in [0.25, 0.3) is 0 Å². The molecule has 2 rings (SSSR count). The van der Waals surface area contributed by atoms with Gasteiger partial charge in [-0.2, -0.15) is 0 Å². The Balaban J connectivity index is 1.93. The smallest absolute Gasteiger partial charge is 0.191 e. The highest BCUT2D eigenvalue weighted by Gasteiger charge is 2.37. The summed E-state index contributed by atoms with van der Waals surface area (Å²) < 4.78 is 6.35. The molecule has 0 bridgehead atoms. The second-order valence-electron chi connectivity index (χ2n) is 7.18. The topological polar surface area (TPSA) is 21.3 Å². The molecule has 1 atom stereocenters. The molecule has 1 heterocycles. The van der Waals surface area contributed by atoms with E-state index < -0.39 is 8.32 Å². The number of hydrogen-bond donors (Lipinski definition) is 1. The molecule has 106 valence electrons. The Hall–Kier alpha value is -0.803. The summed E-state index contributed by atoms with van der Waals surface area (Å²) in [6.07, 6.45) is 1.14. The number of nitrogens with one attached hydrogen (secondary N) is 1. The summed E-state index contributed by atoms with van der Waals surface area (Å²) in [5, 5.41) is 3.82. The summed E-state index contributed by atoms with van der Waals surface area (Å²) in [6, 6.07) is 8.61. The van der Waals surface area contributed by atoms with Crippen LogP contribution in [-0.2, 0) is 10.8 Å². The van der Waals surface area contributed by atoms with Gasteiger partial charge in [-0.05, 0) is 36.2 Å². The third-order valence-corrected chi connectivity index (χ3v) is 9.09. The number of anilines is 1. The Kier molecular flexibility index (Phi) is 4.07. The Bertz CT molecular complexity index is 437. The lowest BCUT2D eigenvalue weighted by Crippen LogP contribution is -2.43. The van der Waals surface area contributed by atoms with Gasteiger partial charge in [-0.3, -0.25) is 0 Å². The summed E-state index contributed by atoms with van der Waals surface area (Å²) in [5.74, 6) is 0.601. The SMILES string of the molecule is CC(C)(C)[Si](C)(C)OC[C@H]1CNc2ccccc2C1. The first kappa shape index (κ1) is 14.6. The fourth-order valence-electron chi connectivity index (χ4n) is 2.17. The second kappa shape index (κ2) is 5.29. The predicted octanol–water partition coefficient (Wildman–Crippen LogP) is 4.29.